The normalized spacial score (nSPS) is 11.6. The number of halogens is 6. The Morgan fingerprint density at radius 3 is 2.53 bits per heavy atom. The minimum Gasteiger partial charge on any atom is -0.494 e. The van der Waals surface area contributed by atoms with Gasteiger partial charge in [-0.1, -0.05) is 51.8 Å². The zero-order chi connectivity index (χ0) is 32.3. The molecule has 0 atom stereocenters. The number of amides is 1. The monoisotopic (exact) mass is 761 g/mol. The number of H-pyrrole nitrogens is 1. The molecule has 0 spiro atoms. The first kappa shape index (κ1) is 32.3. The molecule has 0 aliphatic heterocycles. The van der Waals surface area contributed by atoms with E-state index in [2.05, 4.69) is 47.4 Å². The van der Waals surface area contributed by atoms with E-state index in [4.69, 9.17) is 21.1 Å². The lowest BCUT2D eigenvalue weighted by molar-refractivity contribution is -0.137. The third-order valence-corrected chi connectivity index (χ3v) is 7.85. The molecule has 0 fully saturated rings. The molecule has 0 saturated heterocycles. The number of alkyl halides is 3. The van der Waals surface area contributed by atoms with E-state index in [1.54, 1.807) is 48.5 Å². The van der Waals surface area contributed by atoms with Crippen molar-refractivity contribution in [3.05, 3.63) is 115 Å². The van der Waals surface area contributed by atoms with Crippen LogP contribution < -0.4 is 14.9 Å². The van der Waals surface area contributed by atoms with E-state index in [1.165, 1.54) is 12.3 Å². The van der Waals surface area contributed by atoms with Crippen LogP contribution in [0.15, 0.2) is 92.9 Å². The molecule has 5 rings (SSSR count). The average Bonchev–Trinajstić information content (AvgIpc) is 3.37. The fourth-order valence-electron chi connectivity index (χ4n) is 4.52. The highest BCUT2D eigenvalue weighted by Crippen LogP contribution is 2.38. The van der Waals surface area contributed by atoms with E-state index in [0.717, 1.165) is 12.1 Å². The number of aromatic amines is 1. The van der Waals surface area contributed by atoms with Crippen LogP contribution >= 0.6 is 43.5 Å². The molecule has 0 aliphatic rings. The molecular formula is C32H21Br2ClF3N3O4. The fraction of sp³-hybridized carbons (Fsp3) is 0.0938. The molecule has 0 saturated carbocycles. The maximum atomic E-state index is 13.5. The molecule has 2 N–H and O–H groups in total. The lowest BCUT2D eigenvalue weighted by Crippen LogP contribution is -2.19. The number of esters is 1. The van der Waals surface area contributed by atoms with Crippen LogP contribution in [0.25, 0.3) is 22.0 Å². The summed E-state index contributed by atoms with van der Waals surface area (Å²) in [6, 6.07) is 19.5. The second-order valence-corrected chi connectivity index (χ2v) is 11.6. The van der Waals surface area contributed by atoms with Crippen LogP contribution in [0.5, 0.6) is 11.5 Å². The first-order chi connectivity index (χ1) is 21.5. The van der Waals surface area contributed by atoms with Crippen molar-refractivity contribution in [1.29, 1.82) is 0 Å². The van der Waals surface area contributed by atoms with E-state index in [1.807, 2.05) is 13.0 Å². The Morgan fingerprint density at radius 2 is 1.80 bits per heavy atom. The molecule has 1 aromatic heterocycles. The van der Waals surface area contributed by atoms with Gasteiger partial charge >= 0.3 is 12.1 Å². The Labute approximate surface area is 276 Å². The summed E-state index contributed by atoms with van der Waals surface area (Å²) in [4.78, 5) is 29.5. The molecular weight excluding hydrogens is 743 g/mol. The molecule has 4 aromatic carbocycles. The molecule has 5 aromatic rings. The van der Waals surface area contributed by atoms with Crippen molar-refractivity contribution < 1.29 is 32.2 Å². The predicted octanol–water partition coefficient (Wildman–Crippen LogP) is 9.41. The van der Waals surface area contributed by atoms with Crippen molar-refractivity contribution in [1.82, 2.24) is 10.4 Å². The predicted molar refractivity (Wildman–Crippen MR) is 173 cm³/mol. The van der Waals surface area contributed by atoms with Crippen LogP contribution in [0.4, 0.5) is 13.2 Å². The number of benzene rings is 4. The maximum absolute atomic E-state index is 13.5. The Bertz CT molecular complexity index is 1960. The molecule has 0 unspecified atom stereocenters. The minimum absolute atomic E-state index is 0.0237. The number of nitrogens with zero attached hydrogens (tertiary/aromatic N) is 1. The SMILES string of the molecule is CCOc1ccc2[nH]c(C(=O)NN=Cc3cc(Br)cc(Br)c3OC(=O)c3cccc(C(F)(F)F)c3)c(-c3ccccc3Cl)c2c1. The summed E-state index contributed by atoms with van der Waals surface area (Å²) in [6.45, 7) is 2.33. The van der Waals surface area contributed by atoms with E-state index in [0.29, 0.717) is 54.4 Å². The topological polar surface area (TPSA) is 92.8 Å². The number of fused-ring (bicyclic) bond motifs is 1. The van der Waals surface area contributed by atoms with Crippen molar-refractivity contribution in [3.8, 4) is 22.6 Å². The van der Waals surface area contributed by atoms with Gasteiger partial charge in [0.15, 0.2) is 5.75 Å². The molecule has 1 amide bonds. The second kappa shape index (κ2) is 13.5. The number of nitrogens with one attached hydrogen (secondary N) is 2. The zero-order valence-electron chi connectivity index (χ0n) is 23.1. The van der Waals surface area contributed by atoms with Gasteiger partial charge in [-0.2, -0.15) is 18.3 Å². The van der Waals surface area contributed by atoms with Gasteiger partial charge in [-0.25, -0.2) is 10.2 Å². The van der Waals surface area contributed by atoms with Crippen molar-refractivity contribution >= 4 is 72.5 Å². The van der Waals surface area contributed by atoms with Crippen molar-refractivity contribution in [3.63, 3.8) is 0 Å². The van der Waals surface area contributed by atoms with E-state index >= 15 is 0 Å². The number of carbonyl (C=O) groups excluding carboxylic acids is 2. The second-order valence-electron chi connectivity index (χ2n) is 9.47. The summed E-state index contributed by atoms with van der Waals surface area (Å²) in [6.07, 6.45) is -3.39. The van der Waals surface area contributed by atoms with Crippen molar-refractivity contribution in [2.45, 2.75) is 13.1 Å². The number of rotatable bonds is 8. The number of hydrogen-bond donors (Lipinski definition) is 2. The zero-order valence-corrected chi connectivity index (χ0v) is 27.1. The lowest BCUT2D eigenvalue weighted by Gasteiger charge is -2.12. The minimum atomic E-state index is -4.63. The number of hydrazone groups is 1. The molecule has 0 aliphatic carbocycles. The summed E-state index contributed by atoms with van der Waals surface area (Å²) in [7, 11) is 0. The van der Waals surface area contributed by atoms with Crippen LogP contribution in [0.2, 0.25) is 5.02 Å². The van der Waals surface area contributed by atoms with Gasteiger partial charge in [-0.3, -0.25) is 4.79 Å². The maximum Gasteiger partial charge on any atom is 0.416 e. The van der Waals surface area contributed by atoms with Gasteiger partial charge in [-0.05, 0) is 77.5 Å². The highest BCUT2D eigenvalue weighted by Gasteiger charge is 2.31. The summed E-state index contributed by atoms with van der Waals surface area (Å²) in [5.74, 6) is -1.01. The molecule has 230 valence electrons. The highest BCUT2D eigenvalue weighted by atomic mass is 79.9. The first-order valence-electron chi connectivity index (χ1n) is 13.2. The smallest absolute Gasteiger partial charge is 0.416 e. The van der Waals surface area contributed by atoms with Gasteiger partial charge in [0.1, 0.15) is 11.4 Å². The van der Waals surface area contributed by atoms with Gasteiger partial charge < -0.3 is 14.5 Å². The summed E-state index contributed by atoms with van der Waals surface area (Å²) >= 11 is 13.2. The number of aromatic nitrogens is 1. The fourth-order valence-corrected chi connectivity index (χ4v) is 6.09. The summed E-state index contributed by atoms with van der Waals surface area (Å²) < 4.78 is 51.6. The van der Waals surface area contributed by atoms with E-state index in [-0.39, 0.29) is 22.6 Å². The Hall–Kier alpha value is -4.13. The lowest BCUT2D eigenvalue weighted by atomic mass is 10.0. The third-order valence-electron chi connectivity index (χ3n) is 6.48. The average molecular weight is 764 g/mol. The quantitative estimate of drug-likeness (QED) is 0.0713. The third kappa shape index (κ3) is 7.24. The van der Waals surface area contributed by atoms with Gasteiger partial charge in [0.25, 0.3) is 5.91 Å². The van der Waals surface area contributed by atoms with Crippen molar-refractivity contribution in [2.24, 2.45) is 5.10 Å². The highest BCUT2D eigenvalue weighted by molar-refractivity contribution is 9.11. The molecule has 13 heteroatoms. The summed E-state index contributed by atoms with van der Waals surface area (Å²) in [5, 5.41) is 5.22. The number of hydrogen-bond acceptors (Lipinski definition) is 5. The first-order valence-corrected chi connectivity index (χ1v) is 15.2. The van der Waals surface area contributed by atoms with Crippen LogP contribution in [-0.2, 0) is 6.18 Å². The van der Waals surface area contributed by atoms with Crippen molar-refractivity contribution in [2.75, 3.05) is 6.61 Å². The number of carbonyl (C=O) groups is 2. The van der Waals surface area contributed by atoms with Crippen LogP contribution in [-0.4, -0.2) is 29.7 Å². The van der Waals surface area contributed by atoms with E-state index < -0.39 is 23.6 Å². The molecule has 7 nitrogen and oxygen atoms in total. The Balaban J connectivity index is 1.45. The van der Waals surface area contributed by atoms with E-state index in [9.17, 15) is 22.8 Å². The van der Waals surface area contributed by atoms with Gasteiger partial charge in [0.2, 0.25) is 0 Å². The largest absolute Gasteiger partial charge is 0.494 e. The van der Waals surface area contributed by atoms with Gasteiger partial charge in [-0.15, -0.1) is 0 Å². The molecule has 0 radical (unpaired) electrons. The standard InChI is InChI=1S/C32H21Br2ClF3N3O4/c1-2-44-21-10-11-26-23(15-21)27(22-8-3-4-9-25(22)35)28(40-26)30(42)41-39-16-18-13-20(33)14-24(34)29(18)45-31(43)17-6-5-7-19(12-17)32(36,37)38/h3-16,40H,2H2,1H3,(H,41,42). The molecule has 1 heterocycles. The van der Waals surface area contributed by atoms with Gasteiger partial charge in [0, 0.05) is 37.1 Å². The van der Waals surface area contributed by atoms with Crippen LogP contribution in [0, 0.1) is 0 Å². The number of ether oxygens (including phenoxy) is 2. The molecule has 45 heavy (non-hydrogen) atoms. The van der Waals surface area contributed by atoms with Gasteiger partial charge in [0.05, 0.1) is 28.4 Å². The Morgan fingerprint density at radius 1 is 1.02 bits per heavy atom. The molecule has 0 bridgehead atoms. The summed E-state index contributed by atoms with van der Waals surface area (Å²) in [5.41, 5.74) is 3.46. The Kier molecular flexibility index (Phi) is 9.66. The van der Waals surface area contributed by atoms with Crippen LogP contribution in [0.3, 0.4) is 0 Å². The van der Waals surface area contributed by atoms with Crippen LogP contribution in [0.1, 0.15) is 38.9 Å².